The standard InChI is InChI=1S/C14H24N4/c1-4-15-13-9-14(17-11(3)16-13)18(5-2)10-12-7-6-8-12/h9,12H,4-8,10H2,1-3H3,(H,15,16,17). The molecule has 0 atom stereocenters. The second kappa shape index (κ2) is 6.03. The van der Waals surface area contributed by atoms with Crippen LogP contribution in [0.15, 0.2) is 6.07 Å². The number of anilines is 2. The fraction of sp³-hybridized carbons (Fsp3) is 0.714. The third-order valence-electron chi connectivity index (χ3n) is 3.59. The maximum absolute atomic E-state index is 4.57. The van der Waals surface area contributed by atoms with Gasteiger partial charge in [-0.2, -0.15) is 0 Å². The van der Waals surface area contributed by atoms with Gasteiger partial charge in [-0.1, -0.05) is 6.42 Å². The topological polar surface area (TPSA) is 41.0 Å². The lowest BCUT2D eigenvalue weighted by molar-refractivity contribution is 0.318. The Morgan fingerprint density at radius 2 is 2.11 bits per heavy atom. The van der Waals surface area contributed by atoms with E-state index in [1.807, 2.05) is 6.92 Å². The minimum Gasteiger partial charge on any atom is -0.370 e. The maximum Gasteiger partial charge on any atom is 0.134 e. The molecule has 1 aliphatic rings. The molecule has 1 aliphatic carbocycles. The van der Waals surface area contributed by atoms with Gasteiger partial charge in [-0.25, -0.2) is 9.97 Å². The number of rotatable bonds is 6. The van der Waals surface area contributed by atoms with Crippen LogP contribution in [0.2, 0.25) is 0 Å². The lowest BCUT2D eigenvalue weighted by atomic mass is 9.85. The highest BCUT2D eigenvalue weighted by molar-refractivity contribution is 5.49. The zero-order valence-corrected chi connectivity index (χ0v) is 11.7. The van der Waals surface area contributed by atoms with E-state index < -0.39 is 0 Å². The van der Waals surface area contributed by atoms with Crippen molar-refractivity contribution in [2.24, 2.45) is 5.92 Å². The highest BCUT2D eigenvalue weighted by Gasteiger charge is 2.21. The van der Waals surface area contributed by atoms with Crippen LogP contribution in [0.4, 0.5) is 11.6 Å². The number of hydrogen-bond acceptors (Lipinski definition) is 4. The molecular formula is C14H24N4. The molecular weight excluding hydrogens is 224 g/mol. The van der Waals surface area contributed by atoms with Gasteiger partial charge in [0.05, 0.1) is 0 Å². The van der Waals surface area contributed by atoms with Gasteiger partial charge in [0.15, 0.2) is 0 Å². The highest BCUT2D eigenvalue weighted by atomic mass is 15.2. The van der Waals surface area contributed by atoms with E-state index in [9.17, 15) is 0 Å². The summed E-state index contributed by atoms with van der Waals surface area (Å²) in [6.45, 7) is 9.29. The Hall–Kier alpha value is -1.32. The summed E-state index contributed by atoms with van der Waals surface area (Å²) in [6.07, 6.45) is 4.15. The molecule has 4 heteroatoms. The van der Waals surface area contributed by atoms with Gasteiger partial charge in [0.2, 0.25) is 0 Å². The molecule has 0 radical (unpaired) electrons. The molecule has 0 saturated heterocycles. The molecule has 4 nitrogen and oxygen atoms in total. The largest absolute Gasteiger partial charge is 0.370 e. The van der Waals surface area contributed by atoms with Crippen molar-refractivity contribution >= 4 is 11.6 Å². The van der Waals surface area contributed by atoms with Crippen LogP contribution in [0.25, 0.3) is 0 Å². The molecule has 100 valence electrons. The van der Waals surface area contributed by atoms with Gasteiger partial charge in [-0.3, -0.25) is 0 Å². The second-order valence-corrected chi connectivity index (χ2v) is 5.02. The third kappa shape index (κ3) is 3.12. The first kappa shape index (κ1) is 13.1. The van der Waals surface area contributed by atoms with Gasteiger partial charge in [0, 0.05) is 25.7 Å². The Morgan fingerprint density at radius 3 is 2.67 bits per heavy atom. The molecule has 1 aromatic heterocycles. The summed E-state index contributed by atoms with van der Waals surface area (Å²) in [7, 11) is 0. The normalized spacial score (nSPS) is 15.3. The second-order valence-electron chi connectivity index (χ2n) is 5.02. The van der Waals surface area contributed by atoms with E-state index >= 15 is 0 Å². The summed E-state index contributed by atoms with van der Waals surface area (Å²) < 4.78 is 0. The molecule has 0 aromatic carbocycles. The predicted molar refractivity (Wildman–Crippen MR) is 76.2 cm³/mol. The molecule has 1 N–H and O–H groups in total. The molecule has 0 bridgehead atoms. The molecule has 1 saturated carbocycles. The van der Waals surface area contributed by atoms with Gasteiger partial charge in [-0.05, 0) is 39.5 Å². The molecule has 0 unspecified atom stereocenters. The molecule has 1 heterocycles. The molecule has 0 spiro atoms. The summed E-state index contributed by atoms with van der Waals surface area (Å²) >= 11 is 0. The molecule has 0 aliphatic heterocycles. The van der Waals surface area contributed by atoms with E-state index in [1.54, 1.807) is 0 Å². The molecule has 1 aromatic rings. The smallest absolute Gasteiger partial charge is 0.134 e. The van der Waals surface area contributed by atoms with Crippen LogP contribution in [0, 0.1) is 12.8 Å². The number of nitrogens with one attached hydrogen (secondary N) is 1. The van der Waals surface area contributed by atoms with Crippen LogP contribution in [0.1, 0.15) is 38.9 Å². The number of hydrogen-bond donors (Lipinski definition) is 1. The first-order chi connectivity index (χ1) is 8.72. The molecule has 2 rings (SSSR count). The number of aromatic nitrogens is 2. The maximum atomic E-state index is 4.57. The SMILES string of the molecule is CCNc1cc(N(CC)CC2CCC2)nc(C)n1. The van der Waals surface area contributed by atoms with E-state index in [0.29, 0.717) is 0 Å². The van der Waals surface area contributed by atoms with Crippen LogP contribution < -0.4 is 10.2 Å². The van der Waals surface area contributed by atoms with Crippen molar-refractivity contribution in [3.63, 3.8) is 0 Å². The van der Waals surface area contributed by atoms with Crippen molar-refractivity contribution < 1.29 is 0 Å². The average molecular weight is 248 g/mol. The van der Waals surface area contributed by atoms with Crippen LogP contribution in [-0.4, -0.2) is 29.6 Å². The summed E-state index contributed by atoms with van der Waals surface area (Å²) in [5.41, 5.74) is 0. The van der Waals surface area contributed by atoms with Crippen LogP contribution >= 0.6 is 0 Å². The molecule has 0 amide bonds. The summed E-state index contributed by atoms with van der Waals surface area (Å²) in [5.74, 6) is 3.71. The van der Waals surface area contributed by atoms with Gasteiger partial charge in [0.25, 0.3) is 0 Å². The van der Waals surface area contributed by atoms with Crippen molar-refractivity contribution in [3.8, 4) is 0 Å². The Balaban J connectivity index is 2.12. The first-order valence-corrected chi connectivity index (χ1v) is 7.07. The highest BCUT2D eigenvalue weighted by Crippen LogP contribution is 2.28. The quantitative estimate of drug-likeness (QED) is 0.840. The van der Waals surface area contributed by atoms with Crippen LogP contribution in [0.3, 0.4) is 0 Å². The van der Waals surface area contributed by atoms with E-state index in [4.69, 9.17) is 0 Å². The van der Waals surface area contributed by atoms with Crippen molar-refractivity contribution in [3.05, 3.63) is 11.9 Å². The van der Waals surface area contributed by atoms with E-state index in [-0.39, 0.29) is 0 Å². The Bertz CT molecular complexity index is 387. The monoisotopic (exact) mass is 248 g/mol. The Morgan fingerprint density at radius 1 is 1.33 bits per heavy atom. The fourth-order valence-corrected chi connectivity index (χ4v) is 2.36. The van der Waals surface area contributed by atoms with Crippen molar-refractivity contribution in [1.29, 1.82) is 0 Å². The lowest BCUT2D eigenvalue weighted by Crippen LogP contribution is -2.33. The Kier molecular flexibility index (Phi) is 4.39. The fourth-order valence-electron chi connectivity index (χ4n) is 2.36. The first-order valence-electron chi connectivity index (χ1n) is 7.07. The summed E-state index contributed by atoms with van der Waals surface area (Å²) in [4.78, 5) is 11.4. The van der Waals surface area contributed by atoms with Gasteiger partial charge < -0.3 is 10.2 Å². The van der Waals surface area contributed by atoms with Crippen molar-refractivity contribution in [2.45, 2.75) is 40.0 Å². The van der Waals surface area contributed by atoms with Gasteiger partial charge in [-0.15, -0.1) is 0 Å². The zero-order chi connectivity index (χ0) is 13.0. The van der Waals surface area contributed by atoms with Crippen LogP contribution in [-0.2, 0) is 0 Å². The summed E-state index contributed by atoms with van der Waals surface area (Å²) in [6, 6.07) is 2.07. The van der Waals surface area contributed by atoms with E-state index in [0.717, 1.165) is 43.0 Å². The third-order valence-corrected chi connectivity index (χ3v) is 3.59. The van der Waals surface area contributed by atoms with E-state index in [1.165, 1.54) is 19.3 Å². The minimum atomic E-state index is 0.843. The summed E-state index contributed by atoms with van der Waals surface area (Å²) in [5, 5.41) is 3.27. The predicted octanol–water partition coefficient (Wildman–Crippen LogP) is 2.84. The minimum absolute atomic E-state index is 0.843. The van der Waals surface area contributed by atoms with Crippen LogP contribution in [0.5, 0.6) is 0 Å². The van der Waals surface area contributed by atoms with Crippen molar-refractivity contribution in [1.82, 2.24) is 9.97 Å². The molecule has 18 heavy (non-hydrogen) atoms. The van der Waals surface area contributed by atoms with Crippen molar-refractivity contribution in [2.75, 3.05) is 29.9 Å². The lowest BCUT2D eigenvalue weighted by Gasteiger charge is -2.32. The van der Waals surface area contributed by atoms with Gasteiger partial charge >= 0.3 is 0 Å². The zero-order valence-electron chi connectivity index (χ0n) is 11.7. The average Bonchev–Trinajstić information content (AvgIpc) is 2.27. The number of aryl methyl sites for hydroxylation is 1. The van der Waals surface area contributed by atoms with E-state index in [2.05, 4.69) is 40.1 Å². The number of nitrogens with zero attached hydrogens (tertiary/aromatic N) is 3. The Labute approximate surface area is 110 Å². The van der Waals surface area contributed by atoms with Gasteiger partial charge in [0.1, 0.15) is 17.5 Å². The molecule has 1 fully saturated rings.